The quantitative estimate of drug-likeness (QED) is 0.756. The molecule has 0 aromatic carbocycles. The van der Waals surface area contributed by atoms with Gasteiger partial charge in [0.1, 0.15) is 0 Å². The standard InChI is InChI=1S/C14H24N2O3/c17-14(18)12-10-1-2-11(9-10)13(12)15-3-4-16-5-7-19-8-6-16/h10-13,15H,1-9H2,(H,17,18). The number of nitrogens with one attached hydrogen (secondary N) is 1. The van der Waals surface area contributed by atoms with Gasteiger partial charge in [-0.2, -0.15) is 0 Å². The van der Waals surface area contributed by atoms with E-state index in [-0.39, 0.29) is 12.0 Å². The van der Waals surface area contributed by atoms with E-state index in [2.05, 4.69) is 10.2 Å². The van der Waals surface area contributed by atoms with Crippen LogP contribution in [0.15, 0.2) is 0 Å². The molecular formula is C14H24N2O3. The van der Waals surface area contributed by atoms with Crippen molar-refractivity contribution in [2.24, 2.45) is 17.8 Å². The van der Waals surface area contributed by atoms with Crippen LogP contribution in [-0.2, 0) is 9.53 Å². The molecule has 3 aliphatic rings. The molecule has 0 spiro atoms. The molecule has 4 unspecified atom stereocenters. The zero-order chi connectivity index (χ0) is 13.2. The van der Waals surface area contributed by atoms with Crippen LogP contribution in [0.5, 0.6) is 0 Å². The van der Waals surface area contributed by atoms with Gasteiger partial charge in [0.05, 0.1) is 19.1 Å². The first-order chi connectivity index (χ1) is 9.25. The van der Waals surface area contributed by atoms with Crippen LogP contribution >= 0.6 is 0 Å². The van der Waals surface area contributed by atoms with E-state index >= 15 is 0 Å². The van der Waals surface area contributed by atoms with Crippen LogP contribution < -0.4 is 5.32 Å². The van der Waals surface area contributed by atoms with Gasteiger partial charge in [0.15, 0.2) is 0 Å². The van der Waals surface area contributed by atoms with Gasteiger partial charge in [0.2, 0.25) is 0 Å². The Labute approximate surface area is 114 Å². The van der Waals surface area contributed by atoms with Crippen molar-refractivity contribution in [1.82, 2.24) is 10.2 Å². The Morgan fingerprint density at radius 3 is 2.74 bits per heavy atom. The number of carboxylic acid groups (broad SMARTS) is 1. The maximum absolute atomic E-state index is 11.4. The molecule has 2 saturated carbocycles. The van der Waals surface area contributed by atoms with Crippen molar-refractivity contribution in [3.8, 4) is 0 Å². The number of fused-ring (bicyclic) bond motifs is 2. The molecule has 1 heterocycles. The molecule has 19 heavy (non-hydrogen) atoms. The lowest BCUT2D eigenvalue weighted by Gasteiger charge is -2.31. The Balaban J connectivity index is 1.47. The monoisotopic (exact) mass is 268 g/mol. The minimum atomic E-state index is -0.601. The van der Waals surface area contributed by atoms with Gasteiger partial charge in [-0.1, -0.05) is 0 Å². The van der Waals surface area contributed by atoms with Crippen molar-refractivity contribution in [3.63, 3.8) is 0 Å². The molecule has 5 nitrogen and oxygen atoms in total. The summed E-state index contributed by atoms with van der Waals surface area (Å²) in [6, 6.07) is 0.206. The van der Waals surface area contributed by atoms with Crippen molar-refractivity contribution in [2.45, 2.75) is 25.3 Å². The molecule has 0 aromatic heterocycles. The summed E-state index contributed by atoms with van der Waals surface area (Å²) in [6.07, 6.45) is 3.44. The van der Waals surface area contributed by atoms with E-state index in [0.29, 0.717) is 11.8 Å². The van der Waals surface area contributed by atoms with Gasteiger partial charge < -0.3 is 15.2 Å². The Hall–Kier alpha value is -0.650. The average Bonchev–Trinajstić information content (AvgIpc) is 3.00. The summed E-state index contributed by atoms with van der Waals surface area (Å²) in [6.45, 7) is 5.56. The molecule has 1 aliphatic heterocycles. The zero-order valence-electron chi connectivity index (χ0n) is 11.4. The lowest BCUT2D eigenvalue weighted by atomic mass is 9.84. The van der Waals surface area contributed by atoms with Crippen LogP contribution in [0, 0.1) is 17.8 Å². The van der Waals surface area contributed by atoms with Crippen LogP contribution in [0.25, 0.3) is 0 Å². The number of rotatable bonds is 5. The summed E-state index contributed by atoms with van der Waals surface area (Å²) in [5, 5.41) is 12.9. The number of carbonyl (C=O) groups is 1. The third-order valence-electron chi connectivity index (χ3n) is 5.11. The Bertz CT molecular complexity index is 331. The number of aliphatic carboxylic acids is 1. The van der Waals surface area contributed by atoms with Crippen molar-refractivity contribution >= 4 is 5.97 Å². The van der Waals surface area contributed by atoms with Crippen LogP contribution in [0.4, 0.5) is 0 Å². The van der Waals surface area contributed by atoms with Crippen molar-refractivity contribution in [3.05, 3.63) is 0 Å². The number of ether oxygens (including phenoxy) is 1. The highest BCUT2D eigenvalue weighted by atomic mass is 16.5. The van der Waals surface area contributed by atoms with Crippen molar-refractivity contribution < 1.29 is 14.6 Å². The minimum absolute atomic E-state index is 0.150. The second-order valence-electron chi connectivity index (χ2n) is 6.13. The van der Waals surface area contributed by atoms with E-state index in [1.807, 2.05) is 0 Å². The normalized spacial score (nSPS) is 38.7. The first-order valence-electron chi connectivity index (χ1n) is 7.52. The van der Waals surface area contributed by atoms with Gasteiger partial charge in [-0.25, -0.2) is 0 Å². The molecule has 0 amide bonds. The van der Waals surface area contributed by atoms with E-state index in [1.165, 1.54) is 6.42 Å². The third-order valence-corrected chi connectivity index (χ3v) is 5.11. The Kier molecular flexibility index (Phi) is 4.05. The summed E-state index contributed by atoms with van der Waals surface area (Å²) in [5.74, 6) is 0.263. The topological polar surface area (TPSA) is 61.8 Å². The fourth-order valence-electron chi connectivity index (χ4n) is 4.15. The lowest BCUT2D eigenvalue weighted by molar-refractivity contribution is -0.144. The van der Waals surface area contributed by atoms with Crippen LogP contribution in [0.1, 0.15) is 19.3 Å². The molecule has 2 aliphatic carbocycles. The maximum atomic E-state index is 11.4. The largest absolute Gasteiger partial charge is 0.481 e. The van der Waals surface area contributed by atoms with Gasteiger partial charge in [-0.15, -0.1) is 0 Å². The SMILES string of the molecule is O=C(O)C1C2CCC(C2)C1NCCN1CCOCC1. The highest BCUT2D eigenvalue weighted by Gasteiger charge is 2.50. The molecule has 0 radical (unpaired) electrons. The number of morpholine rings is 1. The fraction of sp³-hybridized carbons (Fsp3) is 0.929. The molecule has 3 rings (SSSR count). The van der Waals surface area contributed by atoms with E-state index < -0.39 is 5.97 Å². The first-order valence-corrected chi connectivity index (χ1v) is 7.52. The van der Waals surface area contributed by atoms with E-state index in [9.17, 15) is 9.90 Å². The Morgan fingerprint density at radius 2 is 2.00 bits per heavy atom. The van der Waals surface area contributed by atoms with Gasteiger partial charge in [-0.3, -0.25) is 9.69 Å². The number of hydrogen-bond donors (Lipinski definition) is 2. The fourth-order valence-corrected chi connectivity index (χ4v) is 4.15. The summed E-state index contributed by atoms with van der Waals surface area (Å²) in [4.78, 5) is 13.8. The number of nitrogens with zero attached hydrogens (tertiary/aromatic N) is 1. The maximum Gasteiger partial charge on any atom is 0.308 e. The number of hydrogen-bond acceptors (Lipinski definition) is 4. The van der Waals surface area contributed by atoms with Gasteiger partial charge >= 0.3 is 5.97 Å². The van der Waals surface area contributed by atoms with Gasteiger partial charge in [0, 0.05) is 32.2 Å². The third kappa shape index (κ3) is 2.78. The smallest absolute Gasteiger partial charge is 0.308 e. The molecule has 4 atom stereocenters. The summed E-state index contributed by atoms with van der Waals surface area (Å²) >= 11 is 0. The van der Waals surface area contributed by atoms with Gasteiger partial charge in [0.25, 0.3) is 0 Å². The van der Waals surface area contributed by atoms with E-state index in [1.54, 1.807) is 0 Å². The highest BCUT2D eigenvalue weighted by Crippen LogP contribution is 2.48. The van der Waals surface area contributed by atoms with E-state index in [0.717, 1.165) is 52.2 Å². The first kappa shape index (κ1) is 13.3. The average molecular weight is 268 g/mol. The molecule has 1 saturated heterocycles. The molecule has 108 valence electrons. The van der Waals surface area contributed by atoms with Crippen molar-refractivity contribution in [2.75, 3.05) is 39.4 Å². The van der Waals surface area contributed by atoms with Gasteiger partial charge in [-0.05, 0) is 31.1 Å². The molecule has 3 fully saturated rings. The molecular weight excluding hydrogens is 244 g/mol. The van der Waals surface area contributed by atoms with E-state index in [4.69, 9.17) is 4.74 Å². The second-order valence-corrected chi connectivity index (χ2v) is 6.13. The second kappa shape index (κ2) is 5.77. The Morgan fingerprint density at radius 1 is 1.26 bits per heavy atom. The molecule has 2 bridgehead atoms. The molecule has 0 aromatic rings. The van der Waals surface area contributed by atoms with Crippen LogP contribution in [-0.4, -0.2) is 61.4 Å². The summed E-state index contributed by atoms with van der Waals surface area (Å²) < 4.78 is 5.33. The predicted molar refractivity (Wildman–Crippen MR) is 71.0 cm³/mol. The molecule has 5 heteroatoms. The van der Waals surface area contributed by atoms with Crippen LogP contribution in [0.3, 0.4) is 0 Å². The minimum Gasteiger partial charge on any atom is -0.481 e. The predicted octanol–water partition coefficient (Wildman–Crippen LogP) is 0.408. The number of carboxylic acids is 1. The summed E-state index contributed by atoms with van der Waals surface area (Å²) in [5.41, 5.74) is 0. The highest BCUT2D eigenvalue weighted by molar-refractivity contribution is 5.72. The summed E-state index contributed by atoms with van der Waals surface area (Å²) in [7, 11) is 0. The van der Waals surface area contributed by atoms with Crippen molar-refractivity contribution in [1.29, 1.82) is 0 Å². The zero-order valence-corrected chi connectivity index (χ0v) is 11.4. The van der Waals surface area contributed by atoms with Crippen LogP contribution in [0.2, 0.25) is 0 Å². The lowest BCUT2D eigenvalue weighted by Crippen LogP contribution is -2.47. The molecule has 2 N–H and O–H groups in total.